The number of aromatic nitrogens is 3. The fourth-order valence-electron chi connectivity index (χ4n) is 3.24. The molecular weight excluding hydrogens is 292 g/mol. The third-order valence-electron chi connectivity index (χ3n) is 4.26. The van der Waals surface area contributed by atoms with E-state index in [0.29, 0.717) is 35.7 Å². The van der Waals surface area contributed by atoms with Gasteiger partial charge in [0.2, 0.25) is 5.95 Å². The molecule has 0 saturated heterocycles. The molecule has 6 heteroatoms. The Morgan fingerprint density at radius 3 is 2.43 bits per heavy atom. The van der Waals surface area contributed by atoms with Crippen LogP contribution in [-0.4, -0.2) is 37.0 Å². The van der Waals surface area contributed by atoms with Crippen LogP contribution in [0.3, 0.4) is 0 Å². The third-order valence-corrected chi connectivity index (χ3v) is 4.26. The number of nitrogens with one attached hydrogen (secondary N) is 1. The molecule has 0 amide bonds. The van der Waals surface area contributed by atoms with Gasteiger partial charge in [0.1, 0.15) is 11.4 Å². The van der Waals surface area contributed by atoms with Gasteiger partial charge in [0.05, 0.1) is 11.3 Å². The summed E-state index contributed by atoms with van der Waals surface area (Å²) in [5, 5.41) is 31.6. The minimum atomic E-state index is -0.592. The summed E-state index contributed by atoms with van der Waals surface area (Å²) in [7, 11) is 0. The lowest BCUT2D eigenvalue weighted by Crippen LogP contribution is -2.48. The first-order valence-electron chi connectivity index (χ1n) is 7.76. The highest BCUT2D eigenvalue weighted by molar-refractivity contribution is 5.72. The van der Waals surface area contributed by atoms with E-state index >= 15 is 0 Å². The van der Waals surface area contributed by atoms with E-state index in [1.807, 2.05) is 33.8 Å². The highest BCUT2D eigenvalue weighted by atomic mass is 16.3. The molecule has 1 saturated carbocycles. The van der Waals surface area contributed by atoms with Crippen molar-refractivity contribution in [3.63, 3.8) is 0 Å². The predicted octanol–water partition coefficient (Wildman–Crippen LogP) is 2.49. The molecule has 3 N–H and O–H groups in total. The largest absolute Gasteiger partial charge is 0.507 e. The van der Waals surface area contributed by atoms with Crippen LogP contribution in [0.15, 0.2) is 12.1 Å². The maximum atomic E-state index is 10.2. The molecule has 1 aliphatic rings. The number of anilines is 1. The molecule has 1 aromatic carbocycles. The highest BCUT2D eigenvalue weighted by Gasteiger charge is 2.38. The van der Waals surface area contributed by atoms with Crippen LogP contribution in [0.5, 0.6) is 5.75 Å². The standard InChI is InChI=1S/C17H22N4O2/c1-9-5-10(2)14(13(22)6-9)15-11(3)18-16(21-20-15)19-12-7-17(4,23)8-12/h5-6,12,22-23H,7-8H2,1-4H3,(H,18,19,21). The molecular formula is C17H22N4O2. The Labute approximate surface area is 135 Å². The van der Waals surface area contributed by atoms with E-state index in [1.165, 1.54) is 0 Å². The molecule has 1 fully saturated rings. The Balaban J connectivity index is 1.86. The third kappa shape index (κ3) is 3.12. The lowest BCUT2D eigenvalue weighted by Gasteiger charge is -2.41. The molecule has 0 atom stereocenters. The van der Waals surface area contributed by atoms with Gasteiger partial charge < -0.3 is 15.5 Å². The number of phenolic OH excluding ortho intramolecular Hbond substituents is 1. The van der Waals surface area contributed by atoms with E-state index in [4.69, 9.17) is 0 Å². The monoisotopic (exact) mass is 314 g/mol. The van der Waals surface area contributed by atoms with Gasteiger partial charge in [-0.3, -0.25) is 0 Å². The van der Waals surface area contributed by atoms with E-state index in [-0.39, 0.29) is 11.8 Å². The molecule has 23 heavy (non-hydrogen) atoms. The number of phenols is 1. The number of aliphatic hydroxyl groups is 1. The molecule has 0 unspecified atom stereocenters. The van der Waals surface area contributed by atoms with Crippen molar-refractivity contribution in [3.05, 3.63) is 29.0 Å². The van der Waals surface area contributed by atoms with Gasteiger partial charge in [-0.2, -0.15) is 0 Å². The highest BCUT2D eigenvalue weighted by Crippen LogP contribution is 2.35. The van der Waals surface area contributed by atoms with E-state index in [0.717, 1.165) is 11.1 Å². The first-order chi connectivity index (χ1) is 10.7. The average molecular weight is 314 g/mol. The van der Waals surface area contributed by atoms with Crippen LogP contribution < -0.4 is 5.32 Å². The molecule has 0 spiro atoms. The summed E-state index contributed by atoms with van der Waals surface area (Å²) in [4.78, 5) is 4.45. The molecule has 0 bridgehead atoms. The predicted molar refractivity (Wildman–Crippen MR) is 88.4 cm³/mol. The smallest absolute Gasteiger partial charge is 0.243 e. The molecule has 3 rings (SSSR count). The Morgan fingerprint density at radius 2 is 1.87 bits per heavy atom. The lowest BCUT2D eigenvalue weighted by molar-refractivity contribution is -0.0236. The number of rotatable bonds is 3. The molecule has 1 aromatic heterocycles. The van der Waals surface area contributed by atoms with Crippen molar-refractivity contribution < 1.29 is 10.2 Å². The number of aromatic hydroxyl groups is 1. The molecule has 1 heterocycles. The van der Waals surface area contributed by atoms with E-state index in [2.05, 4.69) is 20.5 Å². The van der Waals surface area contributed by atoms with E-state index < -0.39 is 5.60 Å². The number of aryl methyl sites for hydroxylation is 3. The topological polar surface area (TPSA) is 91.2 Å². The van der Waals surface area contributed by atoms with Crippen LogP contribution in [-0.2, 0) is 0 Å². The second kappa shape index (κ2) is 5.45. The Hall–Kier alpha value is -2.21. The van der Waals surface area contributed by atoms with Crippen LogP contribution in [0, 0.1) is 20.8 Å². The summed E-state index contributed by atoms with van der Waals surface area (Å²) in [6.07, 6.45) is 1.35. The van der Waals surface area contributed by atoms with Gasteiger partial charge in [0.15, 0.2) is 0 Å². The fraction of sp³-hybridized carbons (Fsp3) is 0.471. The van der Waals surface area contributed by atoms with Crippen molar-refractivity contribution in [2.24, 2.45) is 0 Å². The molecule has 1 aliphatic carbocycles. The fourth-order valence-corrected chi connectivity index (χ4v) is 3.24. The first-order valence-corrected chi connectivity index (χ1v) is 7.76. The van der Waals surface area contributed by atoms with Crippen molar-refractivity contribution in [2.75, 3.05) is 5.32 Å². The van der Waals surface area contributed by atoms with Crippen LogP contribution in [0.4, 0.5) is 5.95 Å². The zero-order valence-corrected chi connectivity index (χ0v) is 13.9. The van der Waals surface area contributed by atoms with Gasteiger partial charge in [0.25, 0.3) is 0 Å². The minimum absolute atomic E-state index is 0.173. The van der Waals surface area contributed by atoms with Gasteiger partial charge in [-0.25, -0.2) is 4.98 Å². The Bertz CT molecular complexity index is 727. The van der Waals surface area contributed by atoms with Crippen molar-refractivity contribution in [1.29, 1.82) is 0 Å². The van der Waals surface area contributed by atoms with Crippen molar-refractivity contribution in [2.45, 2.75) is 52.2 Å². The lowest BCUT2D eigenvalue weighted by atomic mass is 9.77. The summed E-state index contributed by atoms with van der Waals surface area (Å²) in [5.74, 6) is 0.647. The van der Waals surface area contributed by atoms with Gasteiger partial charge in [-0.05, 0) is 57.7 Å². The molecule has 122 valence electrons. The SMILES string of the molecule is Cc1cc(C)c(-c2nnc(NC3CC(C)(O)C3)nc2C)c(O)c1. The zero-order valence-electron chi connectivity index (χ0n) is 13.9. The van der Waals surface area contributed by atoms with Crippen molar-refractivity contribution in [3.8, 4) is 17.0 Å². The van der Waals surface area contributed by atoms with Crippen LogP contribution in [0.1, 0.15) is 36.6 Å². The zero-order chi connectivity index (χ0) is 16.8. The van der Waals surface area contributed by atoms with Gasteiger partial charge in [-0.1, -0.05) is 6.07 Å². The number of nitrogens with zero attached hydrogens (tertiary/aromatic N) is 3. The number of benzene rings is 1. The van der Waals surface area contributed by atoms with E-state index in [1.54, 1.807) is 6.07 Å². The number of hydrogen-bond acceptors (Lipinski definition) is 6. The Kier molecular flexibility index (Phi) is 3.72. The van der Waals surface area contributed by atoms with Crippen LogP contribution in [0.25, 0.3) is 11.3 Å². The van der Waals surface area contributed by atoms with E-state index in [9.17, 15) is 10.2 Å². The molecule has 0 radical (unpaired) electrons. The van der Waals surface area contributed by atoms with Gasteiger partial charge in [0, 0.05) is 11.6 Å². The summed E-state index contributed by atoms with van der Waals surface area (Å²) < 4.78 is 0. The quantitative estimate of drug-likeness (QED) is 0.806. The van der Waals surface area contributed by atoms with Crippen LogP contribution in [0.2, 0.25) is 0 Å². The summed E-state index contributed by atoms with van der Waals surface area (Å²) >= 11 is 0. The Morgan fingerprint density at radius 1 is 1.17 bits per heavy atom. The summed E-state index contributed by atoms with van der Waals surface area (Å²) in [5.41, 5.74) is 3.31. The van der Waals surface area contributed by atoms with Crippen molar-refractivity contribution >= 4 is 5.95 Å². The van der Waals surface area contributed by atoms with Gasteiger partial charge in [-0.15, -0.1) is 10.2 Å². The second-order valence-corrected chi connectivity index (χ2v) is 6.79. The summed E-state index contributed by atoms with van der Waals surface area (Å²) in [6.45, 7) is 7.55. The van der Waals surface area contributed by atoms with Crippen LogP contribution >= 0.6 is 0 Å². The number of hydrogen-bond donors (Lipinski definition) is 3. The van der Waals surface area contributed by atoms with Crippen molar-refractivity contribution in [1.82, 2.24) is 15.2 Å². The molecule has 2 aromatic rings. The summed E-state index contributed by atoms with van der Waals surface area (Å²) in [6, 6.07) is 3.89. The maximum absolute atomic E-state index is 10.2. The van der Waals surface area contributed by atoms with Gasteiger partial charge >= 0.3 is 0 Å². The first kappa shape index (κ1) is 15.7. The average Bonchev–Trinajstić information content (AvgIpc) is 2.38. The second-order valence-electron chi connectivity index (χ2n) is 6.79. The molecule has 6 nitrogen and oxygen atoms in total. The molecule has 0 aliphatic heterocycles. The minimum Gasteiger partial charge on any atom is -0.507 e. The maximum Gasteiger partial charge on any atom is 0.243 e. The normalized spacial score (nSPS) is 23.4.